The molecule has 0 aliphatic heterocycles. The first-order valence-corrected chi connectivity index (χ1v) is 5.86. The second-order valence-corrected chi connectivity index (χ2v) is 3.89. The minimum absolute atomic E-state index is 0.329. The Bertz CT molecular complexity index is 343. The van der Waals surface area contributed by atoms with Crippen LogP contribution >= 0.6 is 0 Å². The Morgan fingerprint density at radius 3 is 2.69 bits per heavy atom. The molecule has 0 saturated heterocycles. The molecule has 0 fully saturated rings. The zero-order chi connectivity index (χ0) is 11.8. The largest absolute Gasteiger partial charge is 0.204 e. The third-order valence-corrected chi connectivity index (χ3v) is 2.50. The zero-order valence-corrected chi connectivity index (χ0v) is 9.68. The molecular weight excluding hydrogens is 206 g/mol. The van der Waals surface area contributed by atoms with E-state index in [1.807, 2.05) is 6.08 Å². The summed E-state index contributed by atoms with van der Waals surface area (Å²) in [6.45, 7) is 2.16. The fourth-order valence-corrected chi connectivity index (χ4v) is 1.55. The first kappa shape index (κ1) is 12.9. The van der Waals surface area contributed by atoms with Crippen molar-refractivity contribution >= 4 is 6.08 Å². The van der Waals surface area contributed by atoms with Gasteiger partial charge in [-0.15, -0.1) is 0 Å². The van der Waals surface area contributed by atoms with Crippen LogP contribution in [0.3, 0.4) is 0 Å². The van der Waals surface area contributed by atoms with Gasteiger partial charge in [-0.25, -0.2) is 8.78 Å². The number of unbranched alkanes of at least 4 members (excludes halogenated alkanes) is 4. The van der Waals surface area contributed by atoms with E-state index in [2.05, 4.69) is 6.92 Å². The van der Waals surface area contributed by atoms with Crippen molar-refractivity contribution in [2.45, 2.75) is 39.0 Å². The summed E-state index contributed by atoms with van der Waals surface area (Å²) >= 11 is 0. The van der Waals surface area contributed by atoms with Crippen LogP contribution in [0.2, 0.25) is 0 Å². The van der Waals surface area contributed by atoms with Crippen LogP contribution in [0.25, 0.3) is 6.08 Å². The number of allylic oxidation sites excluding steroid dienone is 1. The average molecular weight is 224 g/mol. The molecule has 0 spiro atoms. The molecule has 1 aromatic carbocycles. The fraction of sp³-hybridized carbons (Fsp3) is 0.429. The third-order valence-electron chi connectivity index (χ3n) is 2.50. The van der Waals surface area contributed by atoms with Crippen LogP contribution in [0.15, 0.2) is 24.3 Å². The highest BCUT2D eigenvalue weighted by atomic mass is 19.2. The molecule has 1 aromatic rings. The highest BCUT2D eigenvalue weighted by molar-refractivity contribution is 5.49. The predicted molar refractivity (Wildman–Crippen MR) is 64.2 cm³/mol. The maximum absolute atomic E-state index is 13.2. The number of rotatable bonds is 6. The SMILES string of the molecule is CCCCCC/C=C/c1cccc(F)c1F. The van der Waals surface area contributed by atoms with Crippen LogP contribution in [0.1, 0.15) is 44.6 Å². The first-order chi connectivity index (χ1) is 7.75. The van der Waals surface area contributed by atoms with Gasteiger partial charge in [0.2, 0.25) is 0 Å². The fourth-order valence-electron chi connectivity index (χ4n) is 1.55. The van der Waals surface area contributed by atoms with Crippen molar-refractivity contribution in [3.05, 3.63) is 41.5 Å². The molecule has 0 heterocycles. The highest BCUT2D eigenvalue weighted by Crippen LogP contribution is 2.13. The Labute approximate surface area is 96.0 Å². The first-order valence-electron chi connectivity index (χ1n) is 5.86. The molecule has 0 amide bonds. The van der Waals surface area contributed by atoms with E-state index < -0.39 is 11.6 Å². The lowest BCUT2D eigenvalue weighted by Gasteiger charge is -1.98. The Kier molecular flexibility index (Phi) is 5.76. The number of benzene rings is 1. The second-order valence-electron chi connectivity index (χ2n) is 3.89. The van der Waals surface area contributed by atoms with Gasteiger partial charge in [0.05, 0.1) is 0 Å². The molecule has 1 rings (SSSR count). The molecule has 0 N–H and O–H groups in total. The lowest BCUT2D eigenvalue weighted by atomic mass is 10.1. The summed E-state index contributed by atoms with van der Waals surface area (Å²) in [6.07, 6.45) is 9.26. The van der Waals surface area contributed by atoms with Crippen molar-refractivity contribution in [3.63, 3.8) is 0 Å². The van der Waals surface area contributed by atoms with E-state index in [4.69, 9.17) is 0 Å². The van der Waals surface area contributed by atoms with Crippen LogP contribution < -0.4 is 0 Å². The smallest absolute Gasteiger partial charge is 0.166 e. The van der Waals surface area contributed by atoms with Gasteiger partial charge in [-0.3, -0.25) is 0 Å². The quantitative estimate of drug-likeness (QED) is 0.600. The maximum Gasteiger partial charge on any atom is 0.166 e. The van der Waals surface area contributed by atoms with Crippen molar-refractivity contribution < 1.29 is 8.78 Å². The van der Waals surface area contributed by atoms with Gasteiger partial charge in [0.15, 0.2) is 11.6 Å². The van der Waals surface area contributed by atoms with E-state index >= 15 is 0 Å². The van der Waals surface area contributed by atoms with E-state index in [9.17, 15) is 8.78 Å². The van der Waals surface area contributed by atoms with E-state index in [1.54, 1.807) is 12.1 Å². The summed E-state index contributed by atoms with van der Waals surface area (Å²) in [6, 6.07) is 4.24. The molecule has 2 heteroatoms. The van der Waals surface area contributed by atoms with Crippen molar-refractivity contribution in [1.82, 2.24) is 0 Å². The minimum atomic E-state index is -0.784. The van der Waals surface area contributed by atoms with Gasteiger partial charge >= 0.3 is 0 Å². The molecule has 0 nitrogen and oxygen atoms in total. The third kappa shape index (κ3) is 4.13. The second kappa shape index (κ2) is 7.15. The van der Waals surface area contributed by atoms with Gasteiger partial charge in [-0.1, -0.05) is 50.5 Å². The molecular formula is C14H18F2. The topological polar surface area (TPSA) is 0 Å². The van der Waals surface area contributed by atoms with Gasteiger partial charge in [-0.2, -0.15) is 0 Å². The lowest BCUT2D eigenvalue weighted by molar-refractivity contribution is 0.507. The maximum atomic E-state index is 13.2. The Hall–Kier alpha value is -1.18. The van der Waals surface area contributed by atoms with Gasteiger partial charge in [0.25, 0.3) is 0 Å². The van der Waals surface area contributed by atoms with Crippen LogP contribution in [0.4, 0.5) is 8.78 Å². The molecule has 16 heavy (non-hydrogen) atoms. The number of halogens is 2. The van der Waals surface area contributed by atoms with Gasteiger partial charge in [-0.05, 0) is 18.9 Å². The van der Waals surface area contributed by atoms with Gasteiger partial charge in [0, 0.05) is 5.56 Å². The normalized spacial score (nSPS) is 11.2. The summed E-state index contributed by atoms with van der Waals surface area (Å²) in [4.78, 5) is 0. The monoisotopic (exact) mass is 224 g/mol. The van der Waals surface area contributed by atoms with E-state index in [0.29, 0.717) is 5.56 Å². The predicted octanol–water partition coefficient (Wildman–Crippen LogP) is 4.95. The summed E-state index contributed by atoms with van der Waals surface area (Å²) < 4.78 is 26.1. The van der Waals surface area contributed by atoms with Crippen molar-refractivity contribution in [2.24, 2.45) is 0 Å². The van der Waals surface area contributed by atoms with Crippen LogP contribution in [-0.4, -0.2) is 0 Å². The van der Waals surface area contributed by atoms with Crippen molar-refractivity contribution in [3.8, 4) is 0 Å². The average Bonchev–Trinajstić information content (AvgIpc) is 2.29. The molecule has 0 unspecified atom stereocenters. The van der Waals surface area contributed by atoms with E-state index in [-0.39, 0.29) is 0 Å². The lowest BCUT2D eigenvalue weighted by Crippen LogP contribution is -1.86. The van der Waals surface area contributed by atoms with E-state index in [1.165, 1.54) is 25.3 Å². The van der Waals surface area contributed by atoms with Gasteiger partial charge < -0.3 is 0 Å². The molecule has 0 radical (unpaired) electrons. The molecule has 0 atom stereocenters. The Morgan fingerprint density at radius 1 is 1.12 bits per heavy atom. The highest BCUT2D eigenvalue weighted by Gasteiger charge is 2.03. The summed E-state index contributed by atoms with van der Waals surface area (Å²) in [5.41, 5.74) is 0.329. The standard InChI is InChI=1S/C14H18F2/c1-2-3-4-5-6-7-9-12-10-8-11-13(15)14(12)16/h7-11H,2-6H2,1H3/b9-7+. The van der Waals surface area contributed by atoms with Crippen LogP contribution in [0.5, 0.6) is 0 Å². The minimum Gasteiger partial charge on any atom is -0.204 e. The Morgan fingerprint density at radius 2 is 1.94 bits per heavy atom. The number of hydrogen-bond donors (Lipinski definition) is 0. The van der Waals surface area contributed by atoms with E-state index in [0.717, 1.165) is 18.9 Å². The summed E-state index contributed by atoms with van der Waals surface area (Å²) in [5.74, 6) is -1.54. The molecule has 88 valence electrons. The van der Waals surface area contributed by atoms with Crippen LogP contribution in [0, 0.1) is 11.6 Å². The molecule has 0 aromatic heterocycles. The number of hydrogen-bond acceptors (Lipinski definition) is 0. The van der Waals surface area contributed by atoms with Crippen LogP contribution in [-0.2, 0) is 0 Å². The molecule has 0 aliphatic carbocycles. The van der Waals surface area contributed by atoms with Gasteiger partial charge in [0.1, 0.15) is 0 Å². The van der Waals surface area contributed by atoms with Crippen molar-refractivity contribution in [1.29, 1.82) is 0 Å². The molecule has 0 aliphatic rings. The summed E-state index contributed by atoms with van der Waals surface area (Å²) in [7, 11) is 0. The Balaban J connectivity index is 2.41. The van der Waals surface area contributed by atoms with Crippen molar-refractivity contribution in [2.75, 3.05) is 0 Å². The molecule has 0 bridgehead atoms. The summed E-state index contributed by atoms with van der Waals surface area (Å²) in [5, 5.41) is 0. The molecule has 0 saturated carbocycles. The zero-order valence-electron chi connectivity index (χ0n) is 9.68.